The smallest absolute Gasteiger partial charge is 0.122 e. The summed E-state index contributed by atoms with van der Waals surface area (Å²) in [4.78, 5) is 0. The van der Waals surface area contributed by atoms with Gasteiger partial charge in [-0.2, -0.15) is 0 Å². The van der Waals surface area contributed by atoms with Crippen LogP contribution < -0.4 is 4.74 Å². The predicted octanol–water partition coefficient (Wildman–Crippen LogP) is 4.56. The highest BCUT2D eigenvalue weighted by molar-refractivity contribution is 5.36. The van der Waals surface area contributed by atoms with Crippen LogP contribution in [0.1, 0.15) is 56.1 Å². The van der Waals surface area contributed by atoms with Gasteiger partial charge in [-0.15, -0.1) is 0 Å². The molecule has 2 fully saturated rings. The number of hydrogen-bond donors (Lipinski definition) is 0. The molecule has 1 aliphatic heterocycles. The molecule has 0 aromatic heterocycles. The van der Waals surface area contributed by atoms with Crippen molar-refractivity contribution in [2.24, 2.45) is 0 Å². The lowest BCUT2D eigenvalue weighted by Crippen LogP contribution is -2.45. The van der Waals surface area contributed by atoms with Crippen molar-refractivity contribution >= 4 is 0 Å². The van der Waals surface area contributed by atoms with E-state index < -0.39 is 0 Å². The average Bonchev–Trinajstić information content (AvgIpc) is 2.44. The Morgan fingerprint density at radius 1 is 1.15 bits per heavy atom. The summed E-state index contributed by atoms with van der Waals surface area (Å²) in [5.74, 6) is 1.06. The van der Waals surface area contributed by atoms with Gasteiger partial charge in [0, 0.05) is 12.8 Å². The number of benzene rings is 1. The lowest BCUT2D eigenvalue weighted by molar-refractivity contribution is -0.129. The van der Waals surface area contributed by atoms with Crippen LogP contribution in [0.25, 0.3) is 0 Å². The highest BCUT2D eigenvalue weighted by Crippen LogP contribution is 2.39. The minimum Gasteiger partial charge on any atom is -0.490 e. The number of aryl methyl sites for hydroxylation is 2. The fourth-order valence-corrected chi connectivity index (χ4v) is 3.64. The Hall–Kier alpha value is -1.02. The summed E-state index contributed by atoms with van der Waals surface area (Å²) in [6.07, 6.45) is 8.86. The van der Waals surface area contributed by atoms with Crippen molar-refractivity contribution in [2.75, 3.05) is 6.61 Å². The van der Waals surface area contributed by atoms with E-state index >= 15 is 0 Å². The second-order valence-corrected chi connectivity index (χ2v) is 6.59. The fourth-order valence-electron chi connectivity index (χ4n) is 3.64. The van der Waals surface area contributed by atoms with E-state index in [9.17, 15) is 0 Å². The predicted molar refractivity (Wildman–Crippen MR) is 81.3 cm³/mol. The van der Waals surface area contributed by atoms with Crippen molar-refractivity contribution in [3.8, 4) is 5.75 Å². The quantitative estimate of drug-likeness (QED) is 0.787. The SMILES string of the molecule is Cc1ccc(C)c(OC2CCOC3(CCCCC3)C2)c1. The second kappa shape index (κ2) is 5.77. The summed E-state index contributed by atoms with van der Waals surface area (Å²) in [6.45, 7) is 5.11. The molecule has 20 heavy (non-hydrogen) atoms. The van der Waals surface area contributed by atoms with E-state index in [-0.39, 0.29) is 5.60 Å². The molecule has 1 saturated carbocycles. The highest BCUT2D eigenvalue weighted by atomic mass is 16.5. The third kappa shape index (κ3) is 3.01. The summed E-state index contributed by atoms with van der Waals surface area (Å²) >= 11 is 0. The lowest BCUT2D eigenvalue weighted by Gasteiger charge is -2.43. The maximum absolute atomic E-state index is 6.31. The molecule has 2 heteroatoms. The molecule has 2 aliphatic rings. The molecule has 1 unspecified atom stereocenters. The Bertz CT molecular complexity index is 455. The van der Waals surface area contributed by atoms with Crippen molar-refractivity contribution < 1.29 is 9.47 Å². The summed E-state index contributed by atoms with van der Waals surface area (Å²) in [5.41, 5.74) is 2.63. The number of ether oxygens (including phenoxy) is 2. The summed E-state index contributed by atoms with van der Waals surface area (Å²) in [7, 11) is 0. The number of rotatable bonds is 2. The van der Waals surface area contributed by atoms with Gasteiger partial charge in [0.15, 0.2) is 0 Å². The van der Waals surface area contributed by atoms with Crippen LogP contribution in [0.3, 0.4) is 0 Å². The zero-order chi connectivity index (χ0) is 14.0. The monoisotopic (exact) mass is 274 g/mol. The Kier molecular flexibility index (Phi) is 4.02. The van der Waals surface area contributed by atoms with Crippen molar-refractivity contribution in [1.82, 2.24) is 0 Å². The van der Waals surface area contributed by atoms with Crippen LogP contribution in [0.15, 0.2) is 18.2 Å². The molecule has 1 aliphatic carbocycles. The van der Waals surface area contributed by atoms with Gasteiger partial charge in [-0.3, -0.25) is 0 Å². The maximum atomic E-state index is 6.31. The zero-order valence-corrected chi connectivity index (χ0v) is 12.8. The second-order valence-electron chi connectivity index (χ2n) is 6.59. The van der Waals surface area contributed by atoms with Crippen molar-refractivity contribution in [1.29, 1.82) is 0 Å². The molecule has 0 N–H and O–H groups in total. The molecule has 3 rings (SSSR count). The van der Waals surface area contributed by atoms with E-state index in [4.69, 9.17) is 9.47 Å². The van der Waals surface area contributed by atoms with Crippen molar-refractivity contribution in [2.45, 2.75) is 70.5 Å². The molecule has 0 bridgehead atoms. The normalized spacial score (nSPS) is 25.6. The van der Waals surface area contributed by atoms with Crippen LogP contribution in [0.2, 0.25) is 0 Å². The largest absolute Gasteiger partial charge is 0.490 e. The number of hydrogen-bond acceptors (Lipinski definition) is 2. The van der Waals surface area contributed by atoms with Gasteiger partial charge in [-0.1, -0.05) is 31.4 Å². The van der Waals surface area contributed by atoms with Gasteiger partial charge in [0.1, 0.15) is 11.9 Å². The topological polar surface area (TPSA) is 18.5 Å². The first-order valence-corrected chi connectivity index (χ1v) is 8.05. The minimum atomic E-state index is 0.124. The minimum absolute atomic E-state index is 0.124. The van der Waals surface area contributed by atoms with Crippen LogP contribution >= 0.6 is 0 Å². The molecule has 0 amide bonds. The molecular formula is C18H26O2. The van der Waals surface area contributed by atoms with Crippen LogP contribution in [0.5, 0.6) is 5.75 Å². The van der Waals surface area contributed by atoms with E-state index in [1.165, 1.54) is 43.2 Å². The van der Waals surface area contributed by atoms with Crippen molar-refractivity contribution in [3.63, 3.8) is 0 Å². The van der Waals surface area contributed by atoms with Gasteiger partial charge < -0.3 is 9.47 Å². The molecule has 2 nitrogen and oxygen atoms in total. The molecule has 1 atom stereocenters. The first-order chi connectivity index (χ1) is 9.67. The summed E-state index contributed by atoms with van der Waals surface area (Å²) in [6, 6.07) is 6.47. The lowest BCUT2D eigenvalue weighted by atomic mass is 9.79. The molecule has 1 heterocycles. The molecule has 1 spiro atoms. The van der Waals surface area contributed by atoms with E-state index in [0.717, 1.165) is 25.2 Å². The van der Waals surface area contributed by atoms with Crippen LogP contribution in [0, 0.1) is 13.8 Å². The van der Waals surface area contributed by atoms with E-state index in [1.54, 1.807) is 0 Å². The van der Waals surface area contributed by atoms with E-state index in [0.29, 0.717) is 6.10 Å². The van der Waals surface area contributed by atoms with Gasteiger partial charge in [0.25, 0.3) is 0 Å². The molecule has 1 aromatic carbocycles. The Morgan fingerprint density at radius 3 is 2.75 bits per heavy atom. The fraction of sp³-hybridized carbons (Fsp3) is 0.667. The first kappa shape index (κ1) is 13.9. The van der Waals surface area contributed by atoms with Gasteiger partial charge in [0.2, 0.25) is 0 Å². The average molecular weight is 274 g/mol. The first-order valence-electron chi connectivity index (χ1n) is 8.05. The summed E-state index contributed by atoms with van der Waals surface area (Å²) < 4.78 is 12.5. The van der Waals surface area contributed by atoms with E-state index in [2.05, 4.69) is 32.0 Å². The van der Waals surface area contributed by atoms with Gasteiger partial charge in [-0.25, -0.2) is 0 Å². The molecule has 0 radical (unpaired) electrons. The highest BCUT2D eigenvalue weighted by Gasteiger charge is 2.39. The molecular weight excluding hydrogens is 248 g/mol. The van der Waals surface area contributed by atoms with Crippen LogP contribution in [-0.4, -0.2) is 18.3 Å². The van der Waals surface area contributed by atoms with E-state index in [1.807, 2.05) is 0 Å². The standard InChI is InChI=1S/C18H26O2/c1-14-6-7-15(2)17(12-14)20-16-8-11-19-18(13-16)9-4-3-5-10-18/h6-7,12,16H,3-5,8-11,13H2,1-2H3. The molecule has 110 valence electrons. The Balaban J connectivity index is 1.69. The molecule has 1 aromatic rings. The van der Waals surface area contributed by atoms with Gasteiger partial charge in [0.05, 0.1) is 12.2 Å². The summed E-state index contributed by atoms with van der Waals surface area (Å²) in [5, 5.41) is 0. The zero-order valence-electron chi connectivity index (χ0n) is 12.8. The van der Waals surface area contributed by atoms with Crippen molar-refractivity contribution in [3.05, 3.63) is 29.3 Å². The third-order valence-corrected chi connectivity index (χ3v) is 4.85. The maximum Gasteiger partial charge on any atom is 0.122 e. The molecule has 1 saturated heterocycles. The van der Waals surface area contributed by atoms with Gasteiger partial charge in [-0.05, 0) is 43.9 Å². The van der Waals surface area contributed by atoms with Crippen LogP contribution in [-0.2, 0) is 4.74 Å². The van der Waals surface area contributed by atoms with Crippen LogP contribution in [0.4, 0.5) is 0 Å². The van der Waals surface area contributed by atoms with Gasteiger partial charge >= 0.3 is 0 Å². The third-order valence-electron chi connectivity index (χ3n) is 4.85. The Labute approximate surface area is 122 Å². The Morgan fingerprint density at radius 2 is 1.95 bits per heavy atom.